The fourth-order valence-electron chi connectivity index (χ4n) is 3.42. The summed E-state index contributed by atoms with van der Waals surface area (Å²) < 4.78 is 1.92. The number of carbonyl (C=O) groups excluding carboxylic acids is 1. The third-order valence-corrected chi connectivity index (χ3v) is 4.77. The summed E-state index contributed by atoms with van der Waals surface area (Å²) in [5.74, 6) is 1.84. The first-order valence-electron chi connectivity index (χ1n) is 8.72. The number of rotatable bonds is 4. The number of amides is 1. The molecular weight excluding hydrogens is 304 g/mol. The summed E-state index contributed by atoms with van der Waals surface area (Å²) in [6.45, 7) is 8.23. The van der Waals surface area contributed by atoms with E-state index < -0.39 is 0 Å². The molecule has 0 bridgehead atoms. The van der Waals surface area contributed by atoms with E-state index in [1.807, 2.05) is 10.6 Å². The van der Waals surface area contributed by atoms with Crippen molar-refractivity contribution < 1.29 is 4.79 Å². The van der Waals surface area contributed by atoms with Crippen molar-refractivity contribution >= 4 is 17.4 Å². The van der Waals surface area contributed by atoms with Crippen molar-refractivity contribution in [3.05, 3.63) is 23.5 Å². The molecule has 0 unspecified atom stereocenters. The molecule has 7 heteroatoms. The minimum absolute atomic E-state index is 0.0693. The quantitative estimate of drug-likeness (QED) is 0.859. The van der Waals surface area contributed by atoms with Crippen LogP contribution in [0.3, 0.4) is 0 Å². The lowest BCUT2D eigenvalue weighted by Gasteiger charge is -2.41. The maximum absolute atomic E-state index is 12.2. The summed E-state index contributed by atoms with van der Waals surface area (Å²) >= 11 is 0. The van der Waals surface area contributed by atoms with Crippen LogP contribution in [-0.4, -0.2) is 46.7 Å². The van der Waals surface area contributed by atoms with Crippen molar-refractivity contribution in [1.82, 2.24) is 25.2 Å². The number of nitrogens with one attached hydrogen (secondary N) is 2. The number of fused-ring (bicyclic) bond motifs is 2. The van der Waals surface area contributed by atoms with Gasteiger partial charge in [-0.3, -0.25) is 4.79 Å². The average Bonchev–Trinajstić information content (AvgIpc) is 2.98. The maximum Gasteiger partial charge on any atom is 0.226 e. The zero-order chi connectivity index (χ0) is 16.7. The van der Waals surface area contributed by atoms with Crippen molar-refractivity contribution in [2.24, 2.45) is 11.8 Å². The molecule has 2 aliphatic rings. The number of aromatic nitrogens is 3. The van der Waals surface area contributed by atoms with Gasteiger partial charge in [-0.15, -0.1) is 0 Å². The molecule has 0 spiro atoms. The lowest BCUT2D eigenvalue weighted by atomic mass is 9.96. The summed E-state index contributed by atoms with van der Waals surface area (Å²) in [6.07, 6.45) is 2.74. The fraction of sp³-hybridized carbons (Fsp3) is 0.588. The summed E-state index contributed by atoms with van der Waals surface area (Å²) in [7, 11) is 0. The number of nitrogens with zero attached hydrogens (tertiary/aromatic N) is 4. The third-order valence-electron chi connectivity index (χ3n) is 4.77. The van der Waals surface area contributed by atoms with Gasteiger partial charge in [0.15, 0.2) is 5.65 Å². The van der Waals surface area contributed by atoms with Crippen molar-refractivity contribution in [2.75, 3.05) is 31.1 Å². The molecule has 2 aromatic heterocycles. The molecule has 24 heavy (non-hydrogen) atoms. The molecule has 1 saturated heterocycles. The highest BCUT2D eigenvalue weighted by molar-refractivity contribution is 5.82. The summed E-state index contributed by atoms with van der Waals surface area (Å²) in [5, 5.41) is 10.9. The molecular formula is C17H24N6O. The molecule has 4 rings (SSSR count). The molecule has 2 aromatic rings. The number of hydrogen-bond acceptors (Lipinski definition) is 5. The predicted molar refractivity (Wildman–Crippen MR) is 91.9 cm³/mol. The first-order chi connectivity index (χ1) is 11.6. The third kappa shape index (κ3) is 2.62. The molecule has 0 saturated carbocycles. The highest BCUT2D eigenvalue weighted by Crippen LogP contribution is 2.31. The van der Waals surface area contributed by atoms with Crippen molar-refractivity contribution in [3.8, 4) is 0 Å². The van der Waals surface area contributed by atoms with Gasteiger partial charge in [-0.2, -0.15) is 9.61 Å². The highest BCUT2D eigenvalue weighted by atomic mass is 16.2. The Bertz CT molecular complexity index is 762. The zero-order valence-corrected chi connectivity index (χ0v) is 14.2. The van der Waals surface area contributed by atoms with Gasteiger partial charge >= 0.3 is 0 Å². The van der Waals surface area contributed by atoms with E-state index in [0.29, 0.717) is 5.92 Å². The Labute approximate surface area is 141 Å². The van der Waals surface area contributed by atoms with Gasteiger partial charge in [0.2, 0.25) is 5.91 Å². The number of carbonyl (C=O) groups is 1. The smallest absolute Gasteiger partial charge is 0.226 e. The van der Waals surface area contributed by atoms with E-state index in [-0.39, 0.29) is 11.8 Å². The maximum atomic E-state index is 12.2. The Morgan fingerprint density at radius 2 is 2.29 bits per heavy atom. The summed E-state index contributed by atoms with van der Waals surface area (Å²) in [4.78, 5) is 19.2. The van der Waals surface area contributed by atoms with Gasteiger partial charge in [-0.05, 0) is 18.9 Å². The molecule has 128 valence electrons. The molecule has 0 radical (unpaired) electrons. The van der Waals surface area contributed by atoms with Crippen LogP contribution in [0.15, 0.2) is 12.3 Å². The second-order valence-corrected chi connectivity index (χ2v) is 7.13. The molecule has 2 N–H and O–H groups in total. The monoisotopic (exact) mass is 328 g/mol. The Morgan fingerprint density at radius 3 is 3.08 bits per heavy atom. The van der Waals surface area contributed by atoms with Gasteiger partial charge < -0.3 is 15.5 Å². The number of anilines is 1. The average molecular weight is 328 g/mol. The van der Waals surface area contributed by atoms with E-state index in [9.17, 15) is 4.79 Å². The second kappa shape index (κ2) is 6.05. The minimum Gasteiger partial charge on any atom is -0.355 e. The van der Waals surface area contributed by atoms with Crippen LogP contribution in [0.1, 0.15) is 25.1 Å². The van der Waals surface area contributed by atoms with Crippen molar-refractivity contribution in [3.63, 3.8) is 0 Å². The van der Waals surface area contributed by atoms with E-state index in [1.165, 1.54) is 5.56 Å². The van der Waals surface area contributed by atoms with E-state index in [2.05, 4.69) is 34.5 Å². The van der Waals surface area contributed by atoms with Crippen LogP contribution in [0.2, 0.25) is 0 Å². The minimum atomic E-state index is 0.0693. The largest absolute Gasteiger partial charge is 0.355 e. The lowest BCUT2D eigenvalue weighted by molar-refractivity contribution is -0.125. The van der Waals surface area contributed by atoms with Crippen LogP contribution >= 0.6 is 0 Å². The Balaban J connectivity index is 1.55. The summed E-state index contributed by atoms with van der Waals surface area (Å²) in [6, 6.07) is 1.94. The van der Waals surface area contributed by atoms with Crippen molar-refractivity contribution in [2.45, 2.75) is 26.8 Å². The van der Waals surface area contributed by atoms with Gasteiger partial charge in [0.1, 0.15) is 5.82 Å². The van der Waals surface area contributed by atoms with Gasteiger partial charge in [0, 0.05) is 37.8 Å². The SMILES string of the molecule is CC(C)CNC(=O)C1CN(c2c3c(nc4ccnn24)CNCC3)C1. The zero-order valence-electron chi connectivity index (χ0n) is 14.2. The van der Waals surface area contributed by atoms with Gasteiger partial charge in [0.25, 0.3) is 0 Å². The van der Waals surface area contributed by atoms with Crippen LogP contribution < -0.4 is 15.5 Å². The molecule has 4 heterocycles. The molecule has 1 fully saturated rings. The topological polar surface area (TPSA) is 74.6 Å². The Hall–Kier alpha value is -2.15. The normalized spacial score (nSPS) is 17.9. The van der Waals surface area contributed by atoms with Crippen LogP contribution in [-0.2, 0) is 17.8 Å². The second-order valence-electron chi connectivity index (χ2n) is 7.13. The Morgan fingerprint density at radius 1 is 1.46 bits per heavy atom. The number of hydrogen-bond donors (Lipinski definition) is 2. The first-order valence-corrected chi connectivity index (χ1v) is 8.72. The van der Waals surface area contributed by atoms with Gasteiger partial charge in [-0.1, -0.05) is 13.8 Å². The van der Waals surface area contributed by atoms with E-state index in [0.717, 1.165) is 56.3 Å². The molecule has 0 aromatic carbocycles. The molecule has 7 nitrogen and oxygen atoms in total. The van der Waals surface area contributed by atoms with Crippen LogP contribution in [0.25, 0.3) is 5.65 Å². The van der Waals surface area contributed by atoms with E-state index in [1.54, 1.807) is 6.20 Å². The molecule has 1 amide bonds. The van der Waals surface area contributed by atoms with Crippen LogP contribution in [0, 0.1) is 11.8 Å². The lowest BCUT2D eigenvalue weighted by Crippen LogP contribution is -2.55. The van der Waals surface area contributed by atoms with Crippen LogP contribution in [0.5, 0.6) is 0 Å². The van der Waals surface area contributed by atoms with Gasteiger partial charge in [-0.25, -0.2) is 4.98 Å². The van der Waals surface area contributed by atoms with Crippen molar-refractivity contribution in [1.29, 1.82) is 0 Å². The predicted octanol–water partition coefficient (Wildman–Crippen LogP) is 0.583. The molecule has 0 aliphatic carbocycles. The standard InChI is InChI=1S/C17H24N6O/c1-11(2)7-19-16(24)12-9-22(10-12)17-13-3-5-18-8-14(13)21-15-4-6-20-23(15)17/h4,6,11-12,18H,3,5,7-10H2,1-2H3,(H,19,24). The molecule has 2 aliphatic heterocycles. The van der Waals surface area contributed by atoms with E-state index in [4.69, 9.17) is 4.98 Å². The fourth-order valence-corrected chi connectivity index (χ4v) is 3.42. The summed E-state index contributed by atoms with van der Waals surface area (Å²) in [5.41, 5.74) is 3.25. The van der Waals surface area contributed by atoms with E-state index >= 15 is 0 Å². The van der Waals surface area contributed by atoms with Gasteiger partial charge in [0.05, 0.1) is 17.8 Å². The highest BCUT2D eigenvalue weighted by Gasteiger charge is 2.36. The first kappa shape index (κ1) is 15.4. The Kier molecular flexibility index (Phi) is 3.88. The molecule has 0 atom stereocenters. The van der Waals surface area contributed by atoms with Crippen LogP contribution in [0.4, 0.5) is 5.82 Å².